The van der Waals surface area contributed by atoms with Crippen LogP contribution < -0.4 is 15.2 Å². The van der Waals surface area contributed by atoms with Gasteiger partial charge in [0.25, 0.3) is 16.1 Å². The molecule has 194 valence electrons. The highest BCUT2D eigenvalue weighted by molar-refractivity contribution is 7.87. The van der Waals surface area contributed by atoms with E-state index in [0.29, 0.717) is 17.5 Å². The lowest BCUT2D eigenvalue weighted by Crippen LogP contribution is -2.35. The van der Waals surface area contributed by atoms with Crippen LogP contribution in [0.4, 0.5) is 5.82 Å². The highest BCUT2D eigenvalue weighted by Gasteiger charge is 2.20. The van der Waals surface area contributed by atoms with Gasteiger partial charge in [-0.15, -0.1) is 0 Å². The van der Waals surface area contributed by atoms with E-state index in [1.54, 1.807) is 12.4 Å². The number of likely N-dealkylation sites (tertiary alicyclic amines) is 1. The summed E-state index contributed by atoms with van der Waals surface area (Å²) in [4.78, 5) is 11.2. The van der Waals surface area contributed by atoms with Crippen LogP contribution in [0.3, 0.4) is 0 Å². The number of nitrogen functional groups attached to an aromatic ring is 1. The van der Waals surface area contributed by atoms with Crippen LogP contribution >= 0.6 is 0 Å². The Balaban J connectivity index is 1.52. The number of aromatic nitrogens is 4. The van der Waals surface area contributed by atoms with Crippen LogP contribution in [0.2, 0.25) is 0 Å². The molecule has 3 heterocycles. The van der Waals surface area contributed by atoms with E-state index >= 15 is 0 Å². The molecule has 1 aliphatic heterocycles. The summed E-state index contributed by atoms with van der Waals surface area (Å²) in [6, 6.07) is 4.25. The fourth-order valence-corrected chi connectivity index (χ4v) is 4.84. The average Bonchev–Trinajstić information content (AvgIpc) is 3.28. The quantitative estimate of drug-likeness (QED) is 0.469. The highest BCUT2D eigenvalue weighted by atomic mass is 32.2. The second-order valence-corrected chi connectivity index (χ2v) is 11.4. The minimum atomic E-state index is -3.52. The Morgan fingerprint density at radius 2 is 1.83 bits per heavy atom. The van der Waals surface area contributed by atoms with E-state index in [1.165, 1.54) is 14.1 Å². The highest BCUT2D eigenvalue weighted by Crippen LogP contribution is 2.30. The monoisotopic (exact) mass is 514 g/mol. The number of nitrogens with two attached hydrogens (primary N) is 1. The molecular formula is C24H34N8O3S. The van der Waals surface area contributed by atoms with Gasteiger partial charge in [0.05, 0.1) is 30.3 Å². The third-order valence-electron chi connectivity index (χ3n) is 6.53. The van der Waals surface area contributed by atoms with E-state index in [9.17, 15) is 8.42 Å². The van der Waals surface area contributed by atoms with Crippen LogP contribution in [0.1, 0.15) is 35.6 Å². The van der Waals surface area contributed by atoms with Crippen molar-refractivity contribution < 1.29 is 13.2 Å². The fourth-order valence-electron chi connectivity index (χ4n) is 4.25. The van der Waals surface area contributed by atoms with E-state index in [0.717, 1.165) is 52.5 Å². The molecule has 11 nitrogen and oxygen atoms in total. The normalized spacial score (nSPS) is 15.5. The van der Waals surface area contributed by atoms with Crippen molar-refractivity contribution in [2.75, 3.05) is 40.0 Å². The van der Waals surface area contributed by atoms with Gasteiger partial charge in [-0.1, -0.05) is 0 Å². The lowest BCUT2D eigenvalue weighted by atomic mass is 9.98. The van der Waals surface area contributed by atoms with Gasteiger partial charge < -0.3 is 15.4 Å². The van der Waals surface area contributed by atoms with E-state index < -0.39 is 10.2 Å². The number of nitrogens with zero attached hydrogens (tertiary/aromatic N) is 6. The summed E-state index contributed by atoms with van der Waals surface area (Å²) in [5.74, 6) is 0.963. The molecular weight excluding hydrogens is 480 g/mol. The standard InChI is InChI=1S/C24H34N8O3S/c1-16-10-18(11-17(2)21(16)13-28-36(33,34)30(3)4)22-14-26-23(25)24(29-22)35-20-12-27-32(15-20)19-6-8-31(5)9-7-19/h10-12,14-15,19,28H,6-9,13H2,1-5H3,(H2,25,26). The third-order valence-corrected chi connectivity index (χ3v) is 8.00. The van der Waals surface area contributed by atoms with Crippen molar-refractivity contribution in [3.05, 3.63) is 47.4 Å². The second kappa shape index (κ2) is 10.5. The van der Waals surface area contributed by atoms with Gasteiger partial charge in [0.15, 0.2) is 11.6 Å². The lowest BCUT2D eigenvalue weighted by Gasteiger charge is -2.28. The number of piperidine rings is 1. The van der Waals surface area contributed by atoms with Gasteiger partial charge in [-0.3, -0.25) is 4.68 Å². The molecule has 3 N–H and O–H groups in total. The largest absolute Gasteiger partial charge is 0.433 e. The first kappa shape index (κ1) is 26.0. The van der Waals surface area contributed by atoms with Crippen LogP contribution in [0.5, 0.6) is 11.6 Å². The van der Waals surface area contributed by atoms with Gasteiger partial charge in [-0.25, -0.2) is 9.97 Å². The maximum atomic E-state index is 12.1. The zero-order chi connectivity index (χ0) is 26.0. The van der Waals surface area contributed by atoms with Gasteiger partial charge in [0.1, 0.15) is 0 Å². The second-order valence-electron chi connectivity index (χ2n) is 9.44. The molecule has 2 aromatic heterocycles. The first-order chi connectivity index (χ1) is 17.0. The smallest absolute Gasteiger partial charge is 0.279 e. The molecule has 1 fully saturated rings. The number of hydrogen-bond acceptors (Lipinski definition) is 8. The van der Waals surface area contributed by atoms with Crippen molar-refractivity contribution in [1.29, 1.82) is 0 Å². The van der Waals surface area contributed by atoms with Gasteiger partial charge in [0.2, 0.25) is 0 Å². The Morgan fingerprint density at radius 1 is 1.17 bits per heavy atom. The Morgan fingerprint density at radius 3 is 2.47 bits per heavy atom. The maximum Gasteiger partial charge on any atom is 0.279 e. The Labute approximate surface area is 212 Å². The maximum absolute atomic E-state index is 12.1. The Bertz CT molecular complexity index is 1310. The summed E-state index contributed by atoms with van der Waals surface area (Å²) in [5.41, 5.74) is 10.3. The van der Waals surface area contributed by atoms with Gasteiger partial charge in [0, 0.05) is 26.2 Å². The first-order valence-corrected chi connectivity index (χ1v) is 13.3. The van der Waals surface area contributed by atoms with E-state index in [-0.39, 0.29) is 18.2 Å². The minimum Gasteiger partial charge on any atom is -0.433 e. The molecule has 12 heteroatoms. The summed E-state index contributed by atoms with van der Waals surface area (Å²) in [7, 11) is 1.59. The summed E-state index contributed by atoms with van der Waals surface area (Å²) in [6.07, 6.45) is 7.24. The van der Waals surface area contributed by atoms with Crippen molar-refractivity contribution in [3.63, 3.8) is 0 Å². The predicted octanol–water partition coefficient (Wildman–Crippen LogP) is 2.49. The number of benzene rings is 1. The van der Waals surface area contributed by atoms with Gasteiger partial charge >= 0.3 is 0 Å². The molecule has 0 bridgehead atoms. The topological polar surface area (TPSA) is 132 Å². The predicted molar refractivity (Wildman–Crippen MR) is 139 cm³/mol. The number of rotatable bonds is 8. The molecule has 0 radical (unpaired) electrons. The molecule has 36 heavy (non-hydrogen) atoms. The van der Waals surface area contributed by atoms with Crippen molar-refractivity contribution in [1.82, 2.24) is 33.7 Å². The zero-order valence-corrected chi connectivity index (χ0v) is 22.2. The van der Waals surface area contributed by atoms with Crippen LogP contribution in [0.25, 0.3) is 11.3 Å². The van der Waals surface area contributed by atoms with Crippen LogP contribution in [-0.2, 0) is 16.8 Å². The molecule has 1 aliphatic rings. The molecule has 0 atom stereocenters. The number of nitrogens with one attached hydrogen (secondary N) is 1. The van der Waals surface area contributed by atoms with E-state index in [4.69, 9.17) is 10.5 Å². The molecule has 1 aromatic carbocycles. The number of hydrogen-bond donors (Lipinski definition) is 2. The summed E-state index contributed by atoms with van der Waals surface area (Å²) in [5, 5.41) is 4.48. The summed E-state index contributed by atoms with van der Waals surface area (Å²) in [6.45, 7) is 6.16. The third kappa shape index (κ3) is 5.84. The van der Waals surface area contributed by atoms with Crippen LogP contribution in [-0.4, -0.2) is 71.6 Å². The average molecular weight is 515 g/mol. The number of ether oxygens (including phenoxy) is 1. The van der Waals surface area contributed by atoms with Crippen molar-refractivity contribution in [2.45, 2.75) is 39.3 Å². The molecule has 0 spiro atoms. The van der Waals surface area contributed by atoms with Crippen molar-refractivity contribution in [2.24, 2.45) is 0 Å². The molecule has 0 aliphatic carbocycles. The molecule has 4 rings (SSSR count). The number of aryl methyl sites for hydroxylation is 2. The van der Waals surface area contributed by atoms with Gasteiger partial charge in [-0.05, 0) is 75.6 Å². The SMILES string of the molecule is Cc1cc(-c2cnc(N)c(Oc3cnn(C4CCN(C)CC4)c3)n2)cc(C)c1CNS(=O)(=O)N(C)C. The lowest BCUT2D eigenvalue weighted by molar-refractivity contribution is 0.212. The Kier molecular flexibility index (Phi) is 7.59. The molecule has 0 unspecified atom stereocenters. The first-order valence-electron chi connectivity index (χ1n) is 11.8. The van der Waals surface area contributed by atoms with E-state index in [1.807, 2.05) is 36.9 Å². The van der Waals surface area contributed by atoms with E-state index in [2.05, 4.69) is 31.7 Å². The van der Waals surface area contributed by atoms with Crippen molar-refractivity contribution >= 4 is 16.0 Å². The molecule has 3 aromatic rings. The molecule has 0 amide bonds. The summed E-state index contributed by atoms with van der Waals surface area (Å²) >= 11 is 0. The molecule has 1 saturated heterocycles. The fraction of sp³-hybridized carbons (Fsp3) is 0.458. The summed E-state index contributed by atoms with van der Waals surface area (Å²) < 4.78 is 35.9. The minimum absolute atomic E-state index is 0.189. The van der Waals surface area contributed by atoms with Gasteiger partial charge in [-0.2, -0.15) is 22.5 Å². The van der Waals surface area contributed by atoms with Crippen LogP contribution in [0.15, 0.2) is 30.7 Å². The number of anilines is 1. The Hall–Kier alpha value is -3.06. The molecule has 0 saturated carbocycles. The van der Waals surface area contributed by atoms with Crippen LogP contribution in [0, 0.1) is 13.8 Å². The van der Waals surface area contributed by atoms with Crippen molar-refractivity contribution in [3.8, 4) is 22.9 Å². The zero-order valence-electron chi connectivity index (χ0n) is 21.4.